The van der Waals surface area contributed by atoms with Crippen LogP contribution in [0.3, 0.4) is 0 Å². The Morgan fingerprint density at radius 3 is 2.75 bits per heavy atom. The Morgan fingerprint density at radius 2 is 1.95 bits per heavy atom. The van der Waals surface area contributed by atoms with Gasteiger partial charge in [-0.25, -0.2) is 0 Å². The molecular formula is C18H20ClN. The van der Waals surface area contributed by atoms with Gasteiger partial charge < -0.3 is 4.90 Å². The van der Waals surface area contributed by atoms with Crippen LogP contribution >= 0.6 is 11.6 Å². The summed E-state index contributed by atoms with van der Waals surface area (Å²) in [7, 11) is 2.19. The number of hydrogen-bond donors (Lipinski definition) is 0. The number of hydrogen-bond acceptors (Lipinski definition) is 1. The Hall–Kier alpha value is -1.31. The van der Waals surface area contributed by atoms with E-state index in [0.717, 1.165) is 24.5 Å². The Balaban J connectivity index is 2.11. The van der Waals surface area contributed by atoms with Crippen LogP contribution < -0.4 is 0 Å². The number of aryl methyl sites for hydroxylation is 1. The van der Waals surface area contributed by atoms with Gasteiger partial charge in [-0.15, -0.1) is 0 Å². The van der Waals surface area contributed by atoms with Crippen LogP contribution in [0.5, 0.6) is 0 Å². The summed E-state index contributed by atoms with van der Waals surface area (Å²) in [5.41, 5.74) is 5.72. The van der Waals surface area contributed by atoms with Gasteiger partial charge in [-0.2, -0.15) is 0 Å². The lowest BCUT2D eigenvalue weighted by atomic mass is 9.82. The largest absolute Gasteiger partial charge is 0.301 e. The topological polar surface area (TPSA) is 3.24 Å². The molecule has 0 radical (unpaired) electrons. The van der Waals surface area contributed by atoms with Crippen molar-refractivity contribution < 1.29 is 0 Å². The van der Waals surface area contributed by atoms with Gasteiger partial charge in [-0.3, -0.25) is 0 Å². The summed E-state index contributed by atoms with van der Waals surface area (Å²) in [6.07, 6.45) is 1.08. The summed E-state index contributed by atoms with van der Waals surface area (Å²) in [4.78, 5) is 2.38. The molecule has 0 saturated heterocycles. The van der Waals surface area contributed by atoms with Gasteiger partial charge in [-0.1, -0.05) is 48.9 Å². The van der Waals surface area contributed by atoms with Gasteiger partial charge in [0.1, 0.15) is 0 Å². The molecule has 0 fully saturated rings. The van der Waals surface area contributed by atoms with Crippen LogP contribution in [0.2, 0.25) is 5.02 Å². The van der Waals surface area contributed by atoms with Crippen molar-refractivity contribution in [3.05, 3.63) is 69.7 Å². The lowest BCUT2D eigenvalue weighted by molar-refractivity contribution is 0.295. The summed E-state index contributed by atoms with van der Waals surface area (Å²) in [5.74, 6) is 0.456. The molecule has 0 aliphatic carbocycles. The molecule has 0 unspecified atom stereocenters. The molecule has 3 rings (SSSR count). The molecule has 104 valence electrons. The first-order chi connectivity index (χ1) is 9.69. The molecule has 0 spiro atoms. The van der Waals surface area contributed by atoms with Gasteiger partial charge in [0, 0.05) is 24.0 Å². The Kier molecular flexibility index (Phi) is 3.82. The highest BCUT2D eigenvalue weighted by molar-refractivity contribution is 6.30. The summed E-state index contributed by atoms with van der Waals surface area (Å²) in [6, 6.07) is 15.2. The van der Waals surface area contributed by atoms with Gasteiger partial charge in [0.05, 0.1) is 0 Å². The Bertz CT molecular complexity index is 621. The summed E-state index contributed by atoms with van der Waals surface area (Å²) >= 11 is 6.16. The summed E-state index contributed by atoms with van der Waals surface area (Å²) in [6.45, 7) is 4.29. The highest BCUT2D eigenvalue weighted by Gasteiger charge is 2.26. The monoisotopic (exact) mass is 285 g/mol. The maximum absolute atomic E-state index is 6.16. The zero-order chi connectivity index (χ0) is 14.1. The molecule has 20 heavy (non-hydrogen) atoms. The molecule has 2 aromatic rings. The molecule has 0 bridgehead atoms. The molecule has 2 heteroatoms. The maximum atomic E-state index is 6.16. The molecule has 1 aliphatic rings. The SMILES string of the molecule is CCc1ccccc1[C@@H]1CN(C)Cc2cc(Cl)ccc21. The van der Waals surface area contributed by atoms with Crippen molar-refractivity contribution in [1.82, 2.24) is 4.90 Å². The zero-order valence-corrected chi connectivity index (χ0v) is 12.8. The normalized spacial score (nSPS) is 18.9. The van der Waals surface area contributed by atoms with Gasteiger partial charge in [0.25, 0.3) is 0 Å². The second kappa shape index (κ2) is 5.59. The van der Waals surface area contributed by atoms with Crippen LogP contribution in [0.1, 0.15) is 35.1 Å². The second-order valence-corrected chi connectivity index (χ2v) is 6.08. The third-order valence-electron chi connectivity index (χ3n) is 4.23. The van der Waals surface area contributed by atoms with Crippen LogP contribution in [0.4, 0.5) is 0 Å². The van der Waals surface area contributed by atoms with Crippen LogP contribution in [0.15, 0.2) is 42.5 Å². The number of halogens is 1. The number of fused-ring (bicyclic) bond motifs is 1. The van der Waals surface area contributed by atoms with E-state index in [1.807, 2.05) is 6.07 Å². The average molecular weight is 286 g/mol. The average Bonchev–Trinajstić information content (AvgIpc) is 2.45. The van der Waals surface area contributed by atoms with E-state index in [-0.39, 0.29) is 0 Å². The van der Waals surface area contributed by atoms with Crippen molar-refractivity contribution >= 4 is 11.6 Å². The lowest BCUT2D eigenvalue weighted by Gasteiger charge is -2.33. The smallest absolute Gasteiger partial charge is 0.0409 e. The van der Waals surface area contributed by atoms with Crippen LogP contribution in [0.25, 0.3) is 0 Å². The first-order valence-corrected chi connectivity index (χ1v) is 7.61. The summed E-state index contributed by atoms with van der Waals surface area (Å²) in [5, 5.41) is 0.835. The molecule has 1 heterocycles. The fraction of sp³-hybridized carbons (Fsp3) is 0.333. The molecule has 1 nitrogen and oxygen atoms in total. The van der Waals surface area contributed by atoms with E-state index in [4.69, 9.17) is 11.6 Å². The molecule has 2 aromatic carbocycles. The fourth-order valence-electron chi connectivity index (χ4n) is 3.28. The second-order valence-electron chi connectivity index (χ2n) is 5.64. The van der Waals surface area contributed by atoms with Gasteiger partial charge >= 0.3 is 0 Å². The molecular weight excluding hydrogens is 266 g/mol. The highest BCUT2D eigenvalue weighted by atomic mass is 35.5. The van der Waals surface area contributed by atoms with E-state index in [2.05, 4.69) is 55.3 Å². The molecule has 0 aromatic heterocycles. The number of rotatable bonds is 2. The number of nitrogens with zero attached hydrogens (tertiary/aromatic N) is 1. The number of benzene rings is 2. The van der Waals surface area contributed by atoms with Crippen molar-refractivity contribution in [2.24, 2.45) is 0 Å². The van der Waals surface area contributed by atoms with E-state index < -0.39 is 0 Å². The highest BCUT2D eigenvalue weighted by Crippen LogP contribution is 2.35. The Labute approximate surface area is 126 Å². The standard InChI is InChI=1S/C18H20ClN/c1-3-13-6-4-5-7-16(13)18-12-20(2)11-14-10-15(19)8-9-17(14)18/h4-10,18H,3,11-12H2,1-2H3/t18-/m0/s1. The minimum Gasteiger partial charge on any atom is -0.301 e. The van der Waals surface area contributed by atoms with E-state index in [1.165, 1.54) is 22.3 Å². The van der Waals surface area contributed by atoms with Crippen molar-refractivity contribution in [1.29, 1.82) is 0 Å². The Morgan fingerprint density at radius 1 is 1.15 bits per heavy atom. The predicted molar refractivity (Wildman–Crippen MR) is 85.4 cm³/mol. The minimum atomic E-state index is 0.456. The number of likely N-dealkylation sites (N-methyl/N-ethyl adjacent to an activating group) is 1. The third-order valence-corrected chi connectivity index (χ3v) is 4.46. The quantitative estimate of drug-likeness (QED) is 0.786. The van der Waals surface area contributed by atoms with Crippen molar-refractivity contribution in [2.45, 2.75) is 25.8 Å². The van der Waals surface area contributed by atoms with E-state index in [1.54, 1.807) is 0 Å². The van der Waals surface area contributed by atoms with E-state index >= 15 is 0 Å². The lowest BCUT2D eigenvalue weighted by Crippen LogP contribution is -2.31. The molecule has 0 amide bonds. The molecule has 0 N–H and O–H groups in total. The van der Waals surface area contributed by atoms with Gasteiger partial charge in [0.15, 0.2) is 0 Å². The molecule has 1 aliphatic heterocycles. The first kappa shape index (κ1) is 13.7. The molecule has 0 saturated carbocycles. The van der Waals surface area contributed by atoms with Crippen molar-refractivity contribution in [2.75, 3.05) is 13.6 Å². The maximum Gasteiger partial charge on any atom is 0.0409 e. The van der Waals surface area contributed by atoms with Crippen molar-refractivity contribution in [3.8, 4) is 0 Å². The van der Waals surface area contributed by atoms with E-state index in [0.29, 0.717) is 5.92 Å². The van der Waals surface area contributed by atoms with E-state index in [9.17, 15) is 0 Å². The zero-order valence-electron chi connectivity index (χ0n) is 12.1. The fourth-order valence-corrected chi connectivity index (χ4v) is 3.47. The minimum absolute atomic E-state index is 0.456. The van der Waals surface area contributed by atoms with Gasteiger partial charge in [-0.05, 0) is 47.9 Å². The van der Waals surface area contributed by atoms with Gasteiger partial charge in [0.2, 0.25) is 0 Å². The first-order valence-electron chi connectivity index (χ1n) is 7.23. The van der Waals surface area contributed by atoms with Crippen LogP contribution in [0, 0.1) is 0 Å². The third kappa shape index (κ3) is 2.48. The summed E-state index contributed by atoms with van der Waals surface area (Å²) < 4.78 is 0. The predicted octanol–water partition coefficient (Wildman–Crippen LogP) is 4.48. The molecule has 1 atom stereocenters. The van der Waals surface area contributed by atoms with Crippen molar-refractivity contribution in [3.63, 3.8) is 0 Å². The van der Waals surface area contributed by atoms with Crippen LogP contribution in [-0.2, 0) is 13.0 Å². The van der Waals surface area contributed by atoms with Crippen LogP contribution in [-0.4, -0.2) is 18.5 Å².